The molecule has 1 amide bonds. The number of methoxy groups -OCH3 is 1. The van der Waals surface area contributed by atoms with Gasteiger partial charge in [0.15, 0.2) is 5.69 Å². The molecule has 0 atom stereocenters. The molecule has 0 aliphatic rings. The minimum atomic E-state index is -1.03. The van der Waals surface area contributed by atoms with Gasteiger partial charge in [0.2, 0.25) is 0 Å². The third-order valence-corrected chi connectivity index (χ3v) is 2.24. The van der Waals surface area contributed by atoms with Crippen LogP contribution in [0.25, 0.3) is 0 Å². The van der Waals surface area contributed by atoms with Gasteiger partial charge >= 0.3 is 5.97 Å². The van der Waals surface area contributed by atoms with Gasteiger partial charge in [-0.2, -0.15) is 0 Å². The van der Waals surface area contributed by atoms with E-state index in [0.29, 0.717) is 13.2 Å². The second kappa shape index (κ2) is 6.70. The molecule has 0 fully saturated rings. The molecule has 0 radical (unpaired) electrons. The second-order valence-corrected chi connectivity index (χ2v) is 3.77. The fourth-order valence-electron chi connectivity index (χ4n) is 1.36. The molecule has 18 heavy (non-hydrogen) atoms. The van der Waals surface area contributed by atoms with E-state index in [2.05, 4.69) is 10.3 Å². The number of carboxylic acids is 1. The zero-order chi connectivity index (χ0) is 13.5. The summed E-state index contributed by atoms with van der Waals surface area (Å²) in [6.07, 6.45) is 2.05. The number of hydrogen-bond donors (Lipinski definition) is 1. The summed E-state index contributed by atoms with van der Waals surface area (Å²) >= 11 is 0. The van der Waals surface area contributed by atoms with E-state index < -0.39 is 5.97 Å². The average Bonchev–Trinajstić information content (AvgIpc) is 2.75. The van der Waals surface area contributed by atoms with Gasteiger partial charge in [0.05, 0.1) is 6.20 Å². The van der Waals surface area contributed by atoms with Crippen molar-refractivity contribution < 1.29 is 19.4 Å². The predicted octanol–water partition coefficient (Wildman–Crippen LogP) is -0.529. The number of carboxylic acid groups (broad SMARTS) is 1. The molecule has 0 spiro atoms. The van der Waals surface area contributed by atoms with Crippen LogP contribution in [-0.2, 0) is 16.1 Å². The van der Waals surface area contributed by atoms with E-state index in [1.807, 2.05) is 0 Å². The van der Waals surface area contributed by atoms with E-state index in [-0.39, 0.29) is 18.1 Å². The normalized spacial score (nSPS) is 10.3. The van der Waals surface area contributed by atoms with Crippen molar-refractivity contribution in [1.29, 1.82) is 0 Å². The Morgan fingerprint density at radius 2 is 2.28 bits per heavy atom. The van der Waals surface area contributed by atoms with Crippen molar-refractivity contribution in [1.82, 2.24) is 19.9 Å². The Hall–Kier alpha value is -1.96. The van der Waals surface area contributed by atoms with Gasteiger partial charge in [-0.15, -0.1) is 5.10 Å². The number of ether oxygens (including phenoxy) is 1. The first-order valence-electron chi connectivity index (χ1n) is 5.41. The van der Waals surface area contributed by atoms with Crippen molar-refractivity contribution in [3.63, 3.8) is 0 Å². The molecule has 1 heterocycles. The Kier molecular flexibility index (Phi) is 5.25. The molecular formula is C10H16N4O4. The van der Waals surface area contributed by atoms with Crippen LogP contribution in [0, 0.1) is 0 Å². The summed E-state index contributed by atoms with van der Waals surface area (Å²) in [5, 5.41) is 15.8. The zero-order valence-corrected chi connectivity index (χ0v) is 10.4. The minimum absolute atomic E-state index is 0.135. The lowest BCUT2D eigenvalue weighted by Crippen LogP contribution is -2.28. The van der Waals surface area contributed by atoms with Crippen LogP contribution < -0.4 is 0 Å². The lowest BCUT2D eigenvalue weighted by Gasteiger charge is -2.14. The summed E-state index contributed by atoms with van der Waals surface area (Å²) < 4.78 is 6.00. The summed E-state index contributed by atoms with van der Waals surface area (Å²) in [5.74, 6) is -1.32. The summed E-state index contributed by atoms with van der Waals surface area (Å²) in [6, 6.07) is 0. The number of aliphatic carboxylic acids is 1. The van der Waals surface area contributed by atoms with Gasteiger partial charge in [0.25, 0.3) is 5.91 Å². The van der Waals surface area contributed by atoms with Gasteiger partial charge in [-0.25, -0.2) is 4.68 Å². The molecule has 0 aliphatic heterocycles. The number of rotatable bonds is 7. The van der Waals surface area contributed by atoms with Gasteiger partial charge in [0.1, 0.15) is 6.54 Å². The molecule has 8 heteroatoms. The highest BCUT2D eigenvalue weighted by Gasteiger charge is 2.15. The maximum absolute atomic E-state index is 11.9. The van der Waals surface area contributed by atoms with E-state index in [0.717, 1.165) is 11.1 Å². The topological polar surface area (TPSA) is 97.5 Å². The minimum Gasteiger partial charge on any atom is -0.480 e. The van der Waals surface area contributed by atoms with Crippen molar-refractivity contribution in [3.8, 4) is 0 Å². The Bertz CT molecular complexity index is 418. The van der Waals surface area contributed by atoms with Crippen molar-refractivity contribution in [2.24, 2.45) is 0 Å². The van der Waals surface area contributed by atoms with E-state index in [1.165, 1.54) is 11.1 Å². The molecule has 1 N–H and O–H groups in total. The highest BCUT2D eigenvalue weighted by molar-refractivity contribution is 5.91. The van der Waals surface area contributed by atoms with Crippen LogP contribution in [0.15, 0.2) is 6.20 Å². The molecule has 0 aliphatic carbocycles. The van der Waals surface area contributed by atoms with Gasteiger partial charge in [-0.05, 0) is 6.42 Å². The molecule has 1 aromatic rings. The van der Waals surface area contributed by atoms with E-state index in [9.17, 15) is 9.59 Å². The Morgan fingerprint density at radius 1 is 1.56 bits per heavy atom. The van der Waals surface area contributed by atoms with Crippen LogP contribution >= 0.6 is 0 Å². The van der Waals surface area contributed by atoms with Crippen molar-refractivity contribution >= 4 is 11.9 Å². The van der Waals surface area contributed by atoms with Crippen molar-refractivity contribution in [2.75, 3.05) is 27.3 Å². The van der Waals surface area contributed by atoms with Crippen molar-refractivity contribution in [2.45, 2.75) is 13.0 Å². The first-order valence-corrected chi connectivity index (χ1v) is 5.41. The number of hydrogen-bond acceptors (Lipinski definition) is 5. The maximum Gasteiger partial charge on any atom is 0.325 e. The largest absolute Gasteiger partial charge is 0.480 e. The Labute approximate surface area is 104 Å². The Morgan fingerprint density at radius 3 is 2.89 bits per heavy atom. The van der Waals surface area contributed by atoms with Gasteiger partial charge in [-0.1, -0.05) is 5.21 Å². The van der Waals surface area contributed by atoms with E-state index in [1.54, 1.807) is 14.2 Å². The highest BCUT2D eigenvalue weighted by Crippen LogP contribution is 2.00. The third kappa shape index (κ3) is 4.13. The van der Waals surface area contributed by atoms with Crippen LogP contribution in [0.5, 0.6) is 0 Å². The van der Waals surface area contributed by atoms with Gasteiger partial charge in [-0.3, -0.25) is 9.59 Å². The number of aromatic nitrogens is 3. The summed E-state index contributed by atoms with van der Waals surface area (Å²) in [6.45, 7) is 0.801. The predicted molar refractivity (Wildman–Crippen MR) is 61.1 cm³/mol. The molecule has 0 aromatic carbocycles. The van der Waals surface area contributed by atoms with Crippen LogP contribution in [0.2, 0.25) is 0 Å². The lowest BCUT2D eigenvalue weighted by atomic mass is 10.3. The quantitative estimate of drug-likeness (QED) is 0.659. The third-order valence-electron chi connectivity index (χ3n) is 2.24. The van der Waals surface area contributed by atoms with Crippen molar-refractivity contribution in [3.05, 3.63) is 11.9 Å². The molecule has 1 aromatic heterocycles. The maximum atomic E-state index is 11.9. The fourth-order valence-corrected chi connectivity index (χ4v) is 1.36. The van der Waals surface area contributed by atoms with Crippen LogP contribution in [0.3, 0.4) is 0 Å². The summed E-state index contributed by atoms with van der Waals surface area (Å²) in [4.78, 5) is 23.8. The molecule has 0 saturated heterocycles. The van der Waals surface area contributed by atoms with Crippen LogP contribution in [0.4, 0.5) is 0 Å². The highest BCUT2D eigenvalue weighted by atomic mass is 16.5. The monoisotopic (exact) mass is 256 g/mol. The van der Waals surface area contributed by atoms with Crippen LogP contribution in [-0.4, -0.2) is 64.2 Å². The molecule has 0 bridgehead atoms. The van der Waals surface area contributed by atoms with Gasteiger partial charge < -0.3 is 14.7 Å². The fraction of sp³-hybridized carbons (Fsp3) is 0.600. The number of nitrogens with zero attached hydrogens (tertiary/aromatic N) is 4. The smallest absolute Gasteiger partial charge is 0.325 e. The molecule has 0 unspecified atom stereocenters. The molecule has 0 saturated carbocycles. The molecule has 100 valence electrons. The zero-order valence-electron chi connectivity index (χ0n) is 10.4. The first kappa shape index (κ1) is 14.1. The van der Waals surface area contributed by atoms with E-state index in [4.69, 9.17) is 9.84 Å². The molecule has 1 rings (SSSR count). The SMILES string of the molecule is COCCCN(C)C(=O)c1cn(CC(=O)O)nn1. The average molecular weight is 256 g/mol. The first-order chi connectivity index (χ1) is 8.54. The standard InChI is InChI=1S/C10H16N4O4/c1-13(4-3-5-18-2)10(17)8-6-14(12-11-8)7-9(15)16/h6H,3-5,7H2,1-2H3,(H,15,16). The van der Waals surface area contributed by atoms with Crippen LogP contribution in [0.1, 0.15) is 16.9 Å². The Balaban J connectivity index is 2.55. The molecule has 8 nitrogen and oxygen atoms in total. The number of carbonyl (C=O) groups is 2. The lowest BCUT2D eigenvalue weighted by molar-refractivity contribution is -0.137. The number of carbonyl (C=O) groups excluding carboxylic acids is 1. The summed E-state index contributed by atoms with van der Waals surface area (Å²) in [7, 11) is 3.24. The summed E-state index contributed by atoms with van der Waals surface area (Å²) in [5.41, 5.74) is 0.135. The molecular weight excluding hydrogens is 240 g/mol. The second-order valence-electron chi connectivity index (χ2n) is 3.77. The van der Waals surface area contributed by atoms with E-state index >= 15 is 0 Å². The number of amides is 1. The van der Waals surface area contributed by atoms with Gasteiger partial charge in [0, 0.05) is 27.3 Å².